The second-order valence-corrected chi connectivity index (χ2v) is 5.98. The Morgan fingerprint density at radius 2 is 1.04 bits per heavy atom. The zero-order valence-electron chi connectivity index (χ0n) is 14.3. The number of ether oxygens (including phenoxy) is 2. The normalized spacial score (nSPS) is 11.8. The highest BCUT2D eigenvalue weighted by Crippen LogP contribution is 2.28. The van der Waals surface area contributed by atoms with Crippen LogP contribution in [-0.4, -0.2) is 7.11 Å². The summed E-state index contributed by atoms with van der Waals surface area (Å²) in [5, 5.41) is 0. The van der Waals surface area contributed by atoms with E-state index < -0.39 is 0 Å². The Bertz CT molecular complexity index is 772. The molecule has 0 radical (unpaired) electrons. The highest BCUT2D eigenvalue weighted by molar-refractivity contribution is 5.39. The maximum absolute atomic E-state index is 5.88. The van der Waals surface area contributed by atoms with Gasteiger partial charge in [-0.25, -0.2) is 0 Å². The van der Waals surface area contributed by atoms with Gasteiger partial charge in [0.1, 0.15) is 17.2 Å². The molecule has 3 rings (SSSR count). The second kappa shape index (κ2) is 7.22. The number of hydrogen-bond acceptors (Lipinski definition) is 2. The Morgan fingerprint density at radius 1 is 0.625 bits per heavy atom. The Kier molecular flexibility index (Phi) is 4.85. The molecule has 3 aromatic carbocycles. The molecule has 2 heteroatoms. The fourth-order valence-corrected chi connectivity index (χ4v) is 2.65. The molecule has 0 aliphatic carbocycles. The van der Waals surface area contributed by atoms with Crippen LogP contribution in [0, 0.1) is 6.92 Å². The second-order valence-electron chi connectivity index (χ2n) is 5.98. The molecule has 2 nitrogen and oxygen atoms in total. The maximum atomic E-state index is 5.88. The molecule has 0 bridgehead atoms. The van der Waals surface area contributed by atoms with Crippen LogP contribution < -0.4 is 9.47 Å². The highest BCUT2D eigenvalue weighted by Gasteiger charge is 2.08. The van der Waals surface area contributed by atoms with Crippen molar-refractivity contribution in [1.82, 2.24) is 0 Å². The van der Waals surface area contributed by atoms with Crippen molar-refractivity contribution >= 4 is 0 Å². The molecule has 0 aromatic heterocycles. The Labute approximate surface area is 143 Å². The van der Waals surface area contributed by atoms with Crippen LogP contribution in [0.4, 0.5) is 0 Å². The minimum Gasteiger partial charge on any atom is -0.497 e. The zero-order valence-corrected chi connectivity index (χ0v) is 14.3. The van der Waals surface area contributed by atoms with Crippen molar-refractivity contribution in [3.05, 3.63) is 89.5 Å². The molecule has 24 heavy (non-hydrogen) atoms. The van der Waals surface area contributed by atoms with Gasteiger partial charge in [-0.05, 0) is 54.4 Å². The van der Waals surface area contributed by atoms with Crippen molar-refractivity contribution < 1.29 is 9.47 Å². The molecule has 0 saturated carbocycles. The molecule has 0 N–H and O–H groups in total. The molecule has 1 atom stereocenters. The van der Waals surface area contributed by atoms with Gasteiger partial charge in [0.15, 0.2) is 0 Å². The first kappa shape index (κ1) is 16.1. The summed E-state index contributed by atoms with van der Waals surface area (Å²) in [5.41, 5.74) is 3.89. The molecule has 0 aliphatic rings. The number of methoxy groups -OCH3 is 1. The summed E-state index contributed by atoms with van der Waals surface area (Å²) in [6.45, 7) is 4.34. The summed E-state index contributed by atoms with van der Waals surface area (Å²) in [5.74, 6) is 2.82. The SMILES string of the molecule is COc1ccc(Oc2ccc(C(C)c3ccc(C)cc3)cc2)cc1. The third-order valence-corrected chi connectivity index (χ3v) is 4.25. The van der Waals surface area contributed by atoms with Gasteiger partial charge in [0.25, 0.3) is 0 Å². The molecule has 0 amide bonds. The van der Waals surface area contributed by atoms with Crippen LogP contribution in [0.15, 0.2) is 72.8 Å². The monoisotopic (exact) mass is 318 g/mol. The standard InChI is InChI=1S/C22H22O2/c1-16-4-6-18(7-5-16)17(2)19-8-10-21(11-9-19)24-22-14-12-20(23-3)13-15-22/h4-15,17H,1-3H3. The molecule has 0 fully saturated rings. The van der Waals surface area contributed by atoms with E-state index in [2.05, 4.69) is 50.2 Å². The minimum atomic E-state index is 0.362. The Morgan fingerprint density at radius 3 is 1.54 bits per heavy atom. The lowest BCUT2D eigenvalue weighted by Gasteiger charge is -2.14. The van der Waals surface area contributed by atoms with Crippen LogP contribution in [0.1, 0.15) is 29.5 Å². The molecule has 1 unspecified atom stereocenters. The summed E-state index contributed by atoms with van der Waals surface area (Å²) in [6, 6.07) is 24.6. The zero-order chi connectivity index (χ0) is 16.9. The summed E-state index contributed by atoms with van der Waals surface area (Å²) in [7, 11) is 1.66. The number of aryl methyl sites for hydroxylation is 1. The average Bonchev–Trinajstić information content (AvgIpc) is 2.63. The van der Waals surface area contributed by atoms with Gasteiger partial charge in [0.05, 0.1) is 7.11 Å². The van der Waals surface area contributed by atoms with Gasteiger partial charge in [-0.1, -0.05) is 48.9 Å². The summed E-state index contributed by atoms with van der Waals surface area (Å²) >= 11 is 0. The molecule has 122 valence electrons. The van der Waals surface area contributed by atoms with Crippen LogP contribution in [-0.2, 0) is 0 Å². The third kappa shape index (κ3) is 3.77. The third-order valence-electron chi connectivity index (χ3n) is 4.25. The van der Waals surface area contributed by atoms with Gasteiger partial charge in [-0.2, -0.15) is 0 Å². The fourth-order valence-electron chi connectivity index (χ4n) is 2.65. The molecule has 0 saturated heterocycles. The summed E-state index contributed by atoms with van der Waals surface area (Å²) < 4.78 is 11.0. The van der Waals surface area contributed by atoms with E-state index in [0.29, 0.717) is 5.92 Å². The fraction of sp³-hybridized carbons (Fsp3) is 0.182. The molecule has 0 aliphatic heterocycles. The van der Waals surface area contributed by atoms with E-state index in [4.69, 9.17) is 9.47 Å². The van der Waals surface area contributed by atoms with E-state index in [-0.39, 0.29) is 0 Å². The first-order chi connectivity index (χ1) is 11.7. The van der Waals surface area contributed by atoms with E-state index in [1.54, 1.807) is 7.11 Å². The van der Waals surface area contributed by atoms with E-state index in [0.717, 1.165) is 17.2 Å². The van der Waals surface area contributed by atoms with Gasteiger partial charge in [-0.15, -0.1) is 0 Å². The van der Waals surface area contributed by atoms with Gasteiger partial charge < -0.3 is 9.47 Å². The average molecular weight is 318 g/mol. The van der Waals surface area contributed by atoms with Gasteiger partial charge in [0, 0.05) is 5.92 Å². The topological polar surface area (TPSA) is 18.5 Å². The van der Waals surface area contributed by atoms with E-state index in [9.17, 15) is 0 Å². The molecule has 3 aromatic rings. The Balaban J connectivity index is 1.71. The summed E-state index contributed by atoms with van der Waals surface area (Å²) in [4.78, 5) is 0. The van der Waals surface area contributed by atoms with Crippen molar-refractivity contribution in [2.24, 2.45) is 0 Å². The van der Waals surface area contributed by atoms with Crippen molar-refractivity contribution in [1.29, 1.82) is 0 Å². The van der Waals surface area contributed by atoms with Crippen LogP contribution in [0.2, 0.25) is 0 Å². The highest BCUT2D eigenvalue weighted by atomic mass is 16.5. The molecule has 0 spiro atoms. The van der Waals surface area contributed by atoms with E-state index in [1.165, 1.54) is 16.7 Å². The predicted molar refractivity (Wildman–Crippen MR) is 98.2 cm³/mol. The Hall–Kier alpha value is -2.74. The smallest absolute Gasteiger partial charge is 0.127 e. The minimum absolute atomic E-state index is 0.362. The number of hydrogen-bond donors (Lipinski definition) is 0. The van der Waals surface area contributed by atoms with Crippen molar-refractivity contribution in [3.63, 3.8) is 0 Å². The lowest BCUT2D eigenvalue weighted by molar-refractivity contribution is 0.413. The molecule has 0 heterocycles. The lowest BCUT2D eigenvalue weighted by Crippen LogP contribution is -1.96. The first-order valence-electron chi connectivity index (χ1n) is 8.14. The summed E-state index contributed by atoms with van der Waals surface area (Å²) in [6.07, 6.45) is 0. The van der Waals surface area contributed by atoms with Gasteiger partial charge >= 0.3 is 0 Å². The van der Waals surface area contributed by atoms with Crippen LogP contribution >= 0.6 is 0 Å². The van der Waals surface area contributed by atoms with Crippen molar-refractivity contribution in [3.8, 4) is 17.2 Å². The van der Waals surface area contributed by atoms with Crippen molar-refractivity contribution in [2.75, 3.05) is 7.11 Å². The van der Waals surface area contributed by atoms with Crippen molar-refractivity contribution in [2.45, 2.75) is 19.8 Å². The quantitative estimate of drug-likeness (QED) is 0.579. The first-order valence-corrected chi connectivity index (χ1v) is 8.14. The predicted octanol–water partition coefficient (Wildman–Crippen LogP) is 5.95. The van der Waals surface area contributed by atoms with Crippen LogP contribution in [0.25, 0.3) is 0 Å². The van der Waals surface area contributed by atoms with Gasteiger partial charge in [-0.3, -0.25) is 0 Å². The van der Waals surface area contributed by atoms with E-state index >= 15 is 0 Å². The van der Waals surface area contributed by atoms with Crippen LogP contribution in [0.3, 0.4) is 0 Å². The molecular formula is C22H22O2. The largest absolute Gasteiger partial charge is 0.497 e. The lowest BCUT2D eigenvalue weighted by atomic mass is 9.93. The number of benzene rings is 3. The van der Waals surface area contributed by atoms with E-state index in [1.807, 2.05) is 36.4 Å². The van der Waals surface area contributed by atoms with Crippen LogP contribution in [0.5, 0.6) is 17.2 Å². The maximum Gasteiger partial charge on any atom is 0.127 e. The molecular weight excluding hydrogens is 296 g/mol. The number of rotatable bonds is 5. The van der Waals surface area contributed by atoms with Gasteiger partial charge in [0.2, 0.25) is 0 Å².